The van der Waals surface area contributed by atoms with Crippen LogP contribution in [0.4, 0.5) is 5.69 Å². The zero-order valence-electron chi connectivity index (χ0n) is 16.6. The van der Waals surface area contributed by atoms with E-state index in [0.717, 1.165) is 21.3 Å². The number of amides is 1. The predicted octanol–water partition coefficient (Wildman–Crippen LogP) is 4.37. The third-order valence-corrected chi connectivity index (χ3v) is 5.73. The molecule has 0 saturated carbocycles. The third-order valence-electron chi connectivity index (χ3n) is 4.38. The Kier molecular flexibility index (Phi) is 6.06. The molecule has 2 aromatic carbocycles. The maximum absolute atomic E-state index is 11.7. The molecule has 1 aliphatic rings. The van der Waals surface area contributed by atoms with Gasteiger partial charge in [-0.1, -0.05) is 28.1 Å². The van der Waals surface area contributed by atoms with Gasteiger partial charge in [-0.25, -0.2) is 4.68 Å². The highest BCUT2D eigenvalue weighted by Gasteiger charge is 2.17. The van der Waals surface area contributed by atoms with E-state index in [1.54, 1.807) is 29.1 Å². The van der Waals surface area contributed by atoms with E-state index in [9.17, 15) is 9.90 Å². The van der Waals surface area contributed by atoms with E-state index < -0.39 is 0 Å². The molecule has 1 aromatic heterocycles. The first-order chi connectivity index (χ1) is 14.9. The highest BCUT2D eigenvalue weighted by atomic mass is 79.9. The van der Waals surface area contributed by atoms with Crippen LogP contribution in [0.5, 0.6) is 11.5 Å². The zero-order chi connectivity index (χ0) is 22.0. The molecule has 0 bridgehead atoms. The molecule has 1 aliphatic heterocycles. The number of fused-ring (bicyclic) bond motifs is 1. The van der Waals surface area contributed by atoms with Crippen LogP contribution in [0, 0.1) is 0 Å². The molecule has 0 atom stereocenters. The van der Waals surface area contributed by atoms with Gasteiger partial charge < -0.3 is 15.2 Å². The second-order valence-electron chi connectivity index (χ2n) is 6.98. The first kappa shape index (κ1) is 21.1. The average molecular weight is 499 g/mol. The molecule has 0 saturated heterocycles. The normalized spacial score (nSPS) is 13.7. The summed E-state index contributed by atoms with van der Waals surface area (Å²) in [6.45, 7) is 6.31. The number of aromatic hydroxyl groups is 1. The van der Waals surface area contributed by atoms with Crippen LogP contribution in [0.2, 0.25) is 0 Å². The minimum absolute atomic E-state index is 0.00908. The highest BCUT2D eigenvalue weighted by molar-refractivity contribution is 9.10. The molecule has 9 heteroatoms. The van der Waals surface area contributed by atoms with E-state index in [-0.39, 0.29) is 18.3 Å². The number of carbonyl (C=O) groups excluding carboxylic acids is 1. The molecular weight excluding hydrogens is 480 g/mol. The van der Waals surface area contributed by atoms with Crippen LogP contribution in [-0.2, 0) is 4.79 Å². The lowest BCUT2D eigenvalue weighted by molar-refractivity contribution is -0.118. The molecule has 0 spiro atoms. The fourth-order valence-corrected chi connectivity index (χ4v) is 4.13. The van der Waals surface area contributed by atoms with E-state index in [1.807, 2.05) is 30.5 Å². The minimum Gasteiger partial charge on any atom is -0.507 e. The number of benzene rings is 2. The van der Waals surface area contributed by atoms with E-state index in [4.69, 9.17) is 4.74 Å². The molecule has 2 N–H and O–H groups in total. The molecule has 158 valence electrons. The quantitative estimate of drug-likeness (QED) is 0.404. The Morgan fingerprint density at radius 2 is 2.23 bits per heavy atom. The first-order valence-electron chi connectivity index (χ1n) is 9.36. The van der Waals surface area contributed by atoms with Gasteiger partial charge >= 0.3 is 0 Å². The number of halogens is 1. The van der Waals surface area contributed by atoms with Crippen LogP contribution in [0.3, 0.4) is 0 Å². The number of ether oxygens (including phenoxy) is 1. The number of carbonyl (C=O) groups is 1. The van der Waals surface area contributed by atoms with E-state index in [2.05, 4.69) is 37.9 Å². The Labute approximate surface area is 191 Å². The summed E-state index contributed by atoms with van der Waals surface area (Å²) < 4.78 is 7.99. The van der Waals surface area contributed by atoms with Crippen molar-refractivity contribution < 1.29 is 14.6 Å². The van der Waals surface area contributed by atoms with Gasteiger partial charge in [0.2, 0.25) is 4.80 Å². The Hall–Kier alpha value is -3.17. The molecule has 3 aromatic rings. The largest absolute Gasteiger partial charge is 0.507 e. The topological polar surface area (TPSA) is 88.2 Å². The van der Waals surface area contributed by atoms with Gasteiger partial charge in [0.1, 0.15) is 11.5 Å². The van der Waals surface area contributed by atoms with Crippen molar-refractivity contribution >= 4 is 45.1 Å². The molecule has 0 unspecified atom stereocenters. The summed E-state index contributed by atoms with van der Waals surface area (Å²) in [6, 6.07) is 10.7. The molecule has 31 heavy (non-hydrogen) atoms. The molecule has 7 nitrogen and oxygen atoms in total. The summed E-state index contributed by atoms with van der Waals surface area (Å²) in [4.78, 5) is 17.0. The lowest BCUT2D eigenvalue weighted by atomic mass is 10.1. The fourth-order valence-electron chi connectivity index (χ4n) is 2.91. The van der Waals surface area contributed by atoms with Crippen LogP contribution in [-0.4, -0.2) is 35.1 Å². The number of hydrogen-bond acceptors (Lipinski definition) is 6. The third kappa shape index (κ3) is 4.78. The zero-order valence-corrected chi connectivity index (χ0v) is 19.0. The number of nitrogens with zero attached hydrogens (tertiary/aromatic N) is 3. The molecule has 1 amide bonds. The Balaban J connectivity index is 1.80. The maximum atomic E-state index is 11.7. The summed E-state index contributed by atoms with van der Waals surface area (Å²) in [6.07, 6.45) is 1.58. The van der Waals surface area contributed by atoms with Crippen molar-refractivity contribution in [2.24, 2.45) is 10.1 Å². The summed E-state index contributed by atoms with van der Waals surface area (Å²) in [5, 5.41) is 19.5. The van der Waals surface area contributed by atoms with Crippen LogP contribution in [0.15, 0.2) is 68.5 Å². The van der Waals surface area contributed by atoms with Gasteiger partial charge in [-0.05, 0) is 43.3 Å². The van der Waals surface area contributed by atoms with Crippen LogP contribution >= 0.6 is 27.3 Å². The molecule has 4 rings (SSSR count). The van der Waals surface area contributed by atoms with E-state index in [1.165, 1.54) is 11.3 Å². The average Bonchev–Trinajstić information content (AvgIpc) is 3.15. The van der Waals surface area contributed by atoms with E-state index in [0.29, 0.717) is 28.3 Å². The van der Waals surface area contributed by atoms with Gasteiger partial charge in [0, 0.05) is 21.0 Å². The summed E-state index contributed by atoms with van der Waals surface area (Å²) in [5.74, 6) is 0.557. The van der Waals surface area contributed by atoms with Crippen molar-refractivity contribution in [1.29, 1.82) is 0 Å². The monoisotopic (exact) mass is 498 g/mol. The maximum Gasteiger partial charge on any atom is 0.262 e. The number of phenolic OH excluding ortho intramolecular Hbond substituents is 1. The Morgan fingerprint density at radius 3 is 3.03 bits per heavy atom. The van der Waals surface area contributed by atoms with Gasteiger partial charge in [-0.2, -0.15) is 5.10 Å². The predicted molar refractivity (Wildman–Crippen MR) is 126 cm³/mol. The van der Waals surface area contributed by atoms with Crippen molar-refractivity contribution in [2.45, 2.75) is 6.92 Å². The van der Waals surface area contributed by atoms with Gasteiger partial charge in [0.25, 0.3) is 5.91 Å². The molecular formula is C22H19BrN4O3S. The molecule has 0 fully saturated rings. The molecule has 0 aliphatic carbocycles. The van der Waals surface area contributed by atoms with Crippen LogP contribution in [0.1, 0.15) is 12.5 Å². The number of thiazole rings is 1. The lowest BCUT2D eigenvalue weighted by Gasteiger charge is -2.18. The van der Waals surface area contributed by atoms with Crippen molar-refractivity contribution in [3.05, 3.63) is 68.8 Å². The van der Waals surface area contributed by atoms with Gasteiger partial charge in [0.05, 0.1) is 24.1 Å². The summed E-state index contributed by atoms with van der Waals surface area (Å²) in [5.41, 5.74) is 3.74. The van der Waals surface area contributed by atoms with E-state index >= 15 is 0 Å². The Bertz CT molecular complexity index is 1280. The highest BCUT2D eigenvalue weighted by Crippen LogP contribution is 2.33. The number of aromatic nitrogens is 1. The van der Waals surface area contributed by atoms with Crippen molar-refractivity contribution in [3.63, 3.8) is 0 Å². The van der Waals surface area contributed by atoms with Gasteiger partial charge in [0.15, 0.2) is 6.61 Å². The fraction of sp³-hybridized carbons (Fsp3) is 0.136. The number of anilines is 1. The van der Waals surface area contributed by atoms with Crippen molar-refractivity contribution in [2.75, 3.05) is 18.5 Å². The van der Waals surface area contributed by atoms with Gasteiger partial charge in [-0.3, -0.25) is 9.79 Å². The standard InChI is InChI=1S/C22H19BrN4O3S/c1-13(2)9-24-22-27(25-10-15-7-16(23)4-5-19(15)28)18(12-31-22)14-3-6-20-17(8-14)26-21(29)11-30-20/h3-8,10,12,28H,1,9,11H2,2H3,(H,26,29). The van der Waals surface area contributed by atoms with Crippen molar-refractivity contribution in [1.82, 2.24) is 4.68 Å². The summed E-state index contributed by atoms with van der Waals surface area (Å²) in [7, 11) is 0. The first-order valence-corrected chi connectivity index (χ1v) is 11.0. The SMILES string of the molecule is C=C(C)CN=c1scc(-c2ccc3c(c2)NC(=O)CO3)n1N=Cc1cc(Br)ccc1O. The second-order valence-corrected chi connectivity index (χ2v) is 8.74. The number of nitrogens with one attached hydrogen (secondary N) is 1. The van der Waals surface area contributed by atoms with Crippen molar-refractivity contribution in [3.8, 4) is 22.8 Å². The Morgan fingerprint density at radius 1 is 1.39 bits per heavy atom. The van der Waals surface area contributed by atoms with Crippen LogP contribution in [0.25, 0.3) is 11.3 Å². The summed E-state index contributed by atoms with van der Waals surface area (Å²) >= 11 is 4.85. The minimum atomic E-state index is -0.192. The number of phenols is 1. The number of hydrogen-bond donors (Lipinski definition) is 2. The molecule has 0 radical (unpaired) electrons. The van der Waals surface area contributed by atoms with Gasteiger partial charge in [-0.15, -0.1) is 11.3 Å². The molecule has 2 heterocycles. The smallest absolute Gasteiger partial charge is 0.262 e. The lowest BCUT2D eigenvalue weighted by Crippen LogP contribution is -2.25. The number of rotatable bonds is 5. The second kappa shape index (κ2) is 8.91. The van der Waals surface area contributed by atoms with Crippen LogP contribution < -0.4 is 14.9 Å².